The minimum absolute atomic E-state index is 0.371. The van der Waals surface area contributed by atoms with Crippen LogP contribution >= 0.6 is 0 Å². The Bertz CT molecular complexity index is 255. The van der Waals surface area contributed by atoms with Crippen molar-refractivity contribution in [1.29, 1.82) is 0 Å². The average Bonchev–Trinajstić information content (AvgIpc) is 2.30. The molecule has 0 saturated heterocycles. The van der Waals surface area contributed by atoms with Gasteiger partial charge < -0.3 is 9.30 Å². The van der Waals surface area contributed by atoms with Crippen LogP contribution < -0.4 is 0 Å². The molecule has 0 amide bonds. The summed E-state index contributed by atoms with van der Waals surface area (Å²) in [6.45, 7) is 6.87. The van der Waals surface area contributed by atoms with Crippen molar-refractivity contribution in [3.8, 4) is 0 Å². The molecule has 1 heterocycles. The van der Waals surface area contributed by atoms with Gasteiger partial charge in [-0.3, -0.25) is 0 Å². The summed E-state index contributed by atoms with van der Waals surface area (Å²) in [6, 6.07) is 0.371. The highest BCUT2D eigenvalue weighted by Gasteiger charge is 2.07. The van der Waals surface area contributed by atoms with Crippen LogP contribution in [0, 0.1) is 13.8 Å². The molecular weight excluding hydrogens is 152 g/mol. The summed E-state index contributed by atoms with van der Waals surface area (Å²) in [4.78, 5) is 4.32. The van der Waals surface area contributed by atoms with Gasteiger partial charge in [0.05, 0.1) is 18.3 Å². The Labute approximate surface area is 73.4 Å². The largest absolute Gasteiger partial charge is 0.383 e. The van der Waals surface area contributed by atoms with E-state index in [4.69, 9.17) is 4.74 Å². The van der Waals surface area contributed by atoms with Crippen molar-refractivity contribution < 1.29 is 4.74 Å². The van der Waals surface area contributed by atoms with Crippen LogP contribution in [-0.2, 0) is 4.74 Å². The predicted molar refractivity (Wildman–Crippen MR) is 48.3 cm³/mol. The third-order valence-electron chi connectivity index (χ3n) is 1.92. The number of imidazole rings is 1. The standard InChI is InChI=1S/C9H16N2O/c1-7-5-11(9(3)10-7)8(2)6-12-4/h5,8H,6H2,1-4H3. The summed E-state index contributed by atoms with van der Waals surface area (Å²) >= 11 is 0. The second kappa shape index (κ2) is 3.72. The lowest BCUT2D eigenvalue weighted by atomic mass is 10.3. The van der Waals surface area contributed by atoms with E-state index in [0.717, 1.165) is 18.1 Å². The van der Waals surface area contributed by atoms with Crippen molar-refractivity contribution in [2.75, 3.05) is 13.7 Å². The molecule has 0 radical (unpaired) electrons. The molecule has 12 heavy (non-hydrogen) atoms. The normalized spacial score (nSPS) is 13.3. The van der Waals surface area contributed by atoms with E-state index in [1.54, 1.807) is 7.11 Å². The molecule has 0 spiro atoms. The molecule has 1 aromatic rings. The van der Waals surface area contributed by atoms with Gasteiger partial charge in [0.15, 0.2) is 0 Å². The molecule has 3 nitrogen and oxygen atoms in total. The molecule has 0 aliphatic carbocycles. The van der Waals surface area contributed by atoms with Gasteiger partial charge in [-0.05, 0) is 20.8 Å². The number of hydrogen-bond acceptors (Lipinski definition) is 2. The molecule has 1 rings (SSSR count). The second-order valence-electron chi connectivity index (χ2n) is 3.14. The van der Waals surface area contributed by atoms with Crippen LogP contribution in [0.15, 0.2) is 6.20 Å². The fourth-order valence-corrected chi connectivity index (χ4v) is 1.40. The van der Waals surface area contributed by atoms with Gasteiger partial charge in [-0.2, -0.15) is 0 Å². The Hall–Kier alpha value is -0.830. The quantitative estimate of drug-likeness (QED) is 0.687. The summed E-state index contributed by atoms with van der Waals surface area (Å²) in [5, 5.41) is 0. The van der Waals surface area contributed by atoms with Crippen LogP contribution in [0.25, 0.3) is 0 Å². The van der Waals surface area contributed by atoms with E-state index in [1.165, 1.54) is 0 Å². The number of rotatable bonds is 3. The van der Waals surface area contributed by atoms with Crippen LogP contribution in [0.3, 0.4) is 0 Å². The van der Waals surface area contributed by atoms with Gasteiger partial charge in [0.25, 0.3) is 0 Å². The van der Waals surface area contributed by atoms with Crippen molar-refractivity contribution in [3.05, 3.63) is 17.7 Å². The van der Waals surface area contributed by atoms with E-state index in [9.17, 15) is 0 Å². The molecule has 0 aromatic carbocycles. The first-order valence-corrected chi connectivity index (χ1v) is 4.16. The third-order valence-corrected chi connectivity index (χ3v) is 1.92. The SMILES string of the molecule is COCC(C)n1cc(C)nc1C. The van der Waals surface area contributed by atoms with Crippen molar-refractivity contribution in [2.24, 2.45) is 0 Å². The van der Waals surface area contributed by atoms with Gasteiger partial charge in [-0.15, -0.1) is 0 Å². The van der Waals surface area contributed by atoms with Crippen LogP contribution in [-0.4, -0.2) is 23.3 Å². The molecular formula is C9H16N2O. The van der Waals surface area contributed by atoms with Crippen LogP contribution in [0.4, 0.5) is 0 Å². The van der Waals surface area contributed by atoms with E-state index < -0.39 is 0 Å². The molecule has 0 aliphatic heterocycles. The first-order chi connectivity index (χ1) is 5.65. The Balaban J connectivity index is 2.79. The van der Waals surface area contributed by atoms with Crippen molar-refractivity contribution in [1.82, 2.24) is 9.55 Å². The maximum Gasteiger partial charge on any atom is 0.106 e. The smallest absolute Gasteiger partial charge is 0.106 e. The summed E-state index contributed by atoms with van der Waals surface area (Å²) in [5.74, 6) is 1.05. The summed E-state index contributed by atoms with van der Waals surface area (Å²) in [5.41, 5.74) is 1.07. The van der Waals surface area contributed by atoms with E-state index in [-0.39, 0.29) is 0 Å². The van der Waals surface area contributed by atoms with Gasteiger partial charge in [-0.25, -0.2) is 4.98 Å². The molecule has 0 fully saturated rings. The first kappa shape index (κ1) is 9.26. The zero-order chi connectivity index (χ0) is 9.14. The van der Waals surface area contributed by atoms with Gasteiger partial charge in [0.2, 0.25) is 0 Å². The summed E-state index contributed by atoms with van der Waals surface area (Å²) in [6.07, 6.45) is 2.05. The average molecular weight is 168 g/mol. The lowest BCUT2D eigenvalue weighted by molar-refractivity contribution is 0.161. The molecule has 0 bridgehead atoms. The highest BCUT2D eigenvalue weighted by Crippen LogP contribution is 2.10. The summed E-state index contributed by atoms with van der Waals surface area (Å²) < 4.78 is 7.21. The highest BCUT2D eigenvalue weighted by atomic mass is 16.5. The third kappa shape index (κ3) is 1.85. The number of aromatic nitrogens is 2. The van der Waals surface area contributed by atoms with E-state index in [2.05, 4.69) is 22.7 Å². The number of nitrogens with zero attached hydrogens (tertiary/aromatic N) is 2. The first-order valence-electron chi connectivity index (χ1n) is 4.16. The van der Waals surface area contributed by atoms with Crippen LogP contribution in [0.1, 0.15) is 24.5 Å². The zero-order valence-electron chi connectivity index (χ0n) is 8.16. The lowest BCUT2D eigenvalue weighted by Crippen LogP contribution is -2.11. The second-order valence-corrected chi connectivity index (χ2v) is 3.14. The van der Waals surface area contributed by atoms with E-state index in [1.807, 2.05) is 13.8 Å². The van der Waals surface area contributed by atoms with Gasteiger partial charge in [-0.1, -0.05) is 0 Å². The molecule has 1 unspecified atom stereocenters. The van der Waals surface area contributed by atoms with Crippen molar-refractivity contribution >= 4 is 0 Å². The van der Waals surface area contributed by atoms with E-state index in [0.29, 0.717) is 6.04 Å². The fourth-order valence-electron chi connectivity index (χ4n) is 1.40. The van der Waals surface area contributed by atoms with E-state index >= 15 is 0 Å². The maximum absolute atomic E-state index is 5.07. The monoisotopic (exact) mass is 168 g/mol. The fraction of sp³-hybridized carbons (Fsp3) is 0.667. The predicted octanol–water partition coefficient (Wildman–Crippen LogP) is 1.71. The minimum Gasteiger partial charge on any atom is -0.383 e. The Morgan fingerprint density at radius 1 is 1.58 bits per heavy atom. The number of methoxy groups -OCH3 is 1. The van der Waals surface area contributed by atoms with Crippen molar-refractivity contribution in [2.45, 2.75) is 26.8 Å². The lowest BCUT2D eigenvalue weighted by Gasteiger charge is -2.13. The van der Waals surface area contributed by atoms with Crippen LogP contribution in [0.2, 0.25) is 0 Å². The molecule has 0 N–H and O–H groups in total. The molecule has 68 valence electrons. The van der Waals surface area contributed by atoms with Crippen LogP contribution in [0.5, 0.6) is 0 Å². The van der Waals surface area contributed by atoms with Gasteiger partial charge >= 0.3 is 0 Å². The molecule has 1 aromatic heterocycles. The highest BCUT2D eigenvalue weighted by molar-refractivity contribution is 5.01. The van der Waals surface area contributed by atoms with Crippen molar-refractivity contribution in [3.63, 3.8) is 0 Å². The molecule has 1 atom stereocenters. The maximum atomic E-state index is 5.07. The minimum atomic E-state index is 0.371. The number of hydrogen-bond donors (Lipinski definition) is 0. The Kier molecular flexibility index (Phi) is 2.87. The topological polar surface area (TPSA) is 27.1 Å². The summed E-state index contributed by atoms with van der Waals surface area (Å²) in [7, 11) is 1.72. The van der Waals surface area contributed by atoms with Gasteiger partial charge in [0, 0.05) is 13.3 Å². The Morgan fingerprint density at radius 2 is 2.25 bits per heavy atom. The molecule has 3 heteroatoms. The van der Waals surface area contributed by atoms with Gasteiger partial charge in [0.1, 0.15) is 5.82 Å². The molecule has 0 saturated carbocycles. The number of aryl methyl sites for hydroxylation is 2. The Morgan fingerprint density at radius 3 is 2.67 bits per heavy atom. The zero-order valence-corrected chi connectivity index (χ0v) is 8.16. The number of ether oxygens (including phenoxy) is 1. The molecule has 0 aliphatic rings.